The number of nitrogens with one attached hydrogen (secondary N) is 1. The summed E-state index contributed by atoms with van der Waals surface area (Å²) < 4.78 is 30.2. The fraction of sp³-hybridized carbons (Fsp3) is 0.238. The molecule has 3 rings (SSSR count). The molecular formula is C21H21FN2O4. The van der Waals surface area contributed by atoms with E-state index in [1.54, 1.807) is 31.2 Å². The Morgan fingerprint density at radius 3 is 2.57 bits per heavy atom. The summed E-state index contributed by atoms with van der Waals surface area (Å²) in [4.78, 5) is 12.5. The van der Waals surface area contributed by atoms with Crippen molar-refractivity contribution in [1.29, 1.82) is 0 Å². The number of anilines is 1. The molecule has 0 bridgehead atoms. The fourth-order valence-corrected chi connectivity index (χ4v) is 2.70. The van der Waals surface area contributed by atoms with Crippen molar-refractivity contribution in [1.82, 2.24) is 5.16 Å². The molecule has 28 heavy (non-hydrogen) atoms. The van der Waals surface area contributed by atoms with E-state index >= 15 is 0 Å². The first-order valence-electron chi connectivity index (χ1n) is 8.69. The molecule has 146 valence electrons. The number of benzene rings is 2. The van der Waals surface area contributed by atoms with Crippen LogP contribution in [0, 0.1) is 26.6 Å². The summed E-state index contributed by atoms with van der Waals surface area (Å²) in [5.41, 5.74) is 2.83. The molecular weight excluding hydrogens is 363 g/mol. The first-order chi connectivity index (χ1) is 13.4. The number of amides is 1. The molecule has 0 aliphatic heterocycles. The van der Waals surface area contributed by atoms with Crippen molar-refractivity contribution in [2.75, 3.05) is 12.4 Å². The van der Waals surface area contributed by atoms with Crippen LogP contribution in [0.3, 0.4) is 0 Å². The standard InChI is InChI=1S/C21H21FN2O4/c1-12-5-7-18(17(22)9-12)23-21(25)15-6-8-19(20(10-15)26-4)27-11-16-13(2)24-28-14(16)3/h5-10H,11H2,1-4H3,(H,23,25). The maximum absolute atomic E-state index is 14.0. The average molecular weight is 384 g/mol. The summed E-state index contributed by atoms with van der Waals surface area (Å²) in [6, 6.07) is 9.39. The van der Waals surface area contributed by atoms with Gasteiger partial charge in [-0.25, -0.2) is 4.39 Å². The van der Waals surface area contributed by atoms with E-state index in [2.05, 4.69) is 10.5 Å². The Morgan fingerprint density at radius 2 is 1.93 bits per heavy atom. The van der Waals surface area contributed by atoms with Gasteiger partial charge >= 0.3 is 0 Å². The van der Waals surface area contributed by atoms with E-state index in [1.165, 1.54) is 19.2 Å². The summed E-state index contributed by atoms with van der Waals surface area (Å²) in [6.07, 6.45) is 0. The second kappa shape index (κ2) is 8.12. The van der Waals surface area contributed by atoms with E-state index in [0.29, 0.717) is 22.8 Å². The Labute approximate surface area is 162 Å². The van der Waals surface area contributed by atoms with Crippen LogP contribution in [0.5, 0.6) is 11.5 Å². The van der Waals surface area contributed by atoms with Crippen molar-refractivity contribution in [2.24, 2.45) is 0 Å². The van der Waals surface area contributed by atoms with Gasteiger partial charge in [0.05, 0.1) is 24.1 Å². The van der Waals surface area contributed by atoms with Crippen LogP contribution in [0.4, 0.5) is 10.1 Å². The van der Waals surface area contributed by atoms with Gasteiger partial charge in [0.2, 0.25) is 0 Å². The summed E-state index contributed by atoms with van der Waals surface area (Å²) in [7, 11) is 1.49. The van der Waals surface area contributed by atoms with Crippen LogP contribution in [-0.2, 0) is 6.61 Å². The highest BCUT2D eigenvalue weighted by molar-refractivity contribution is 6.04. The number of aromatic nitrogens is 1. The number of hydrogen-bond donors (Lipinski definition) is 1. The van der Waals surface area contributed by atoms with Crippen molar-refractivity contribution in [3.05, 3.63) is 70.4 Å². The first-order valence-corrected chi connectivity index (χ1v) is 8.69. The van der Waals surface area contributed by atoms with Gasteiger partial charge in [-0.15, -0.1) is 0 Å². The average Bonchev–Trinajstić information content (AvgIpc) is 3.00. The normalized spacial score (nSPS) is 10.6. The highest BCUT2D eigenvalue weighted by Gasteiger charge is 2.15. The summed E-state index contributed by atoms with van der Waals surface area (Å²) >= 11 is 0. The summed E-state index contributed by atoms with van der Waals surface area (Å²) in [5, 5.41) is 6.45. The highest BCUT2D eigenvalue weighted by Crippen LogP contribution is 2.30. The molecule has 0 atom stereocenters. The van der Waals surface area contributed by atoms with Gasteiger partial charge in [-0.1, -0.05) is 11.2 Å². The Morgan fingerprint density at radius 1 is 1.14 bits per heavy atom. The molecule has 1 amide bonds. The number of hydrogen-bond acceptors (Lipinski definition) is 5. The molecule has 0 radical (unpaired) electrons. The second-order valence-electron chi connectivity index (χ2n) is 6.39. The molecule has 0 saturated heterocycles. The van der Waals surface area contributed by atoms with Crippen LogP contribution in [0.25, 0.3) is 0 Å². The lowest BCUT2D eigenvalue weighted by Crippen LogP contribution is -2.13. The van der Waals surface area contributed by atoms with Crippen molar-refractivity contribution in [3.8, 4) is 11.5 Å². The van der Waals surface area contributed by atoms with E-state index in [1.807, 2.05) is 13.8 Å². The zero-order valence-electron chi connectivity index (χ0n) is 16.1. The van der Waals surface area contributed by atoms with Gasteiger partial charge in [0.15, 0.2) is 11.5 Å². The molecule has 3 aromatic rings. The number of rotatable bonds is 6. The van der Waals surface area contributed by atoms with E-state index in [0.717, 1.165) is 16.8 Å². The molecule has 0 fully saturated rings. The van der Waals surface area contributed by atoms with E-state index in [9.17, 15) is 9.18 Å². The van der Waals surface area contributed by atoms with Crippen LogP contribution in [0.2, 0.25) is 0 Å². The van der Waals surface area contributed by atoms with Crippen LogP contribution in [-0.4, -0.2) is 18.2 Å². The van der Waals surface area contributed by atoms with E-state index < -0.39 is 11.7 Å². The number of carbonyl (C=O) groups is 1. The van der Waals surface area contributed by atoms with Crippen molar-refractivity contribution in [3.63, 3.8) is 0 Å². The number of methoxy groups -OCH3 is 1. The number of aryl methyl sites for hydroxylation is 3. The van der Waals surface area contributed by atoms with Gasteiger partial charge in [0, 0.05) is 5.56 Å². The van der Waals surface area contributed by atoms with Crippen LogP contribution in [0.15, 0.2) is 40.9 Å². The molecule has 6 nitrogen and oxygen atoms in total. The summed E-state index contributed by atoms with van der Waals surface area (Å²) in [6.45, 7) is 5.69. The number of halogens is 1. The van der Waals surface area contributed by atoms with Gasteiger partial charge in [-0.05, 0) is 56.7 Å². The van der Waals surface area contributed by atoms with E-state index in [-0.39, 0.29) is 12.3 Å². The highest BCUT2D eigenvalue weighted by atomic mass is 19.1. The topological polar surface area (TPSA) is 73.6 Å². The minimum atomic E-state index is -0.486. The third kappa shape index (κ3) is 4.14. The molecule has 1 aromatic heterocycles. The number of nitrogens with zero attached hydrogens (tertiary/aromatic N) is 1. The van der Waals surface area contributed by atoms with Gasteiger partial charge < -0.3 is 19.3 Å². The van der Waals surface area contributed by atoms with Crippen molar-refractivity contribution < 1.29 is 23.2 Å². The smallest absolute Gasteiger partial charge is 0.255 e. The second-order valence-corrected chi connectivity index (χ2v) is 6.39. The lowest BCUT2D eigenvalue weighted by atomic mass is 10.1. The van der Waals surface area contributed by atoms with Crippen LogP contribution >= 0.6 is 0 Å². The maximum Gasteiger partial charge on any atom is 0.255 e. The molecule has 1 N–H and O–H groups in total. The van der Waals surface area contributed by atoms with E-state index in [4.69, 9.17) is 14.0 Å². The Bertz CT molecular complexity index is 994. The van der Waals surface area contributed by atoms with Gasteiger partial charge in [0.1, 0.15) is 18.2 Å². The SMILES string of the molecule is COc1cc(C(=O)Nc2ccc(C)cc2F)ccc1OCc1c(C)noc1C. The van der Waals surface area contributed by atoms with Crippen molar-refractivity contribution >= 4 is 11.6 Å². The molecule has 0 aliphatic rings. The van der Waals surface area contributed by atoms with Crippen molar-refractivity contribution in [2.45, 2.75) is 27.4 Å². The molecule has 1 heterocycles. The van der Waals surface area contributed by atoms with Crippen LogP contribution < -0.4 is 14.8 Å². The molecule has 7 heteroatoms. The zero-order chi connectivity index (χ0) is 20.3. The van der Waals surface area contributed by atoms with Gasteiger partial charge in [-0.2, -0.15) is 0 Å². The monoisotopic (exact) mass is 384 g/mol. The third-order valence-corrected chi connectivity index (χ3v) is 4.35. The predicted octanol–water partition coefficient (Wildman–Crippen LogP) is 4.58. The molecule has 0 saturated carbocycles. The Hall–Kier alpha value is -3.35. The fourth-order valence-electron chi connectivity index (χ4n) is 2.70. The maximum atomic E-state index is 14.0. The quantitative estimate of drug-likeness (QED) is 0.673. The Balaban J connectivity index is 1.75. The molecule has 0 spiro atoms. The largest absolute Gasteiger partial charge is 0.493 e. The predicted molar refractivity (Wildman–Crippen MR) is 102 cm³/mol. The molecule has 2 aromatic carbocycles. The lowest BCUT2D eigenvalue weighted by Gasteiger charge is -2.12. The number of ether oxygens (including phenoxy) is 2. The number of carbonyl (C=O) groups excluding carboxylic acids is 1. The summed E-state index contributed by atoms with van der Waals surface area (Å²) in [5.74, 6) is 0.620. The minimum absolute atomic E-state index is 0.119. The van der Waals surface area contributed by atoms with Crippen LogP contribution in [0.1, 0.15) is 32.9 Å². The lowest BCUT2D eigenvalue weighted by molar-refractivity contribution is 0.102. The minimum Gasteiger partial charge on any atom is -0.493 e. The van der Waals surface area contributed by atoms with Gasteiger partial charge in [-0.3, -0.25) is 4.79 Å². The molecule has 0 unspecified atom stereocenters. The zero-order valence-corrected chi connectivity index (χ0v) is 16.1. The first kappa shape index (κ1) is 19.4. The van der Waals surface area contributed by atoms with Gasteiger partial charge in [0.25, 0.3) is 5.91 Å². The third-order valence-electron chi connectivity index (χ3n) is 4.35. The Kier molecular flexibility index (Phi) is 5.63. The molecule has 0 aliphatic carbocycles.